The number of pyridine rings is 1. The van der Waals surface area contributed by atoms with E-state index in [9.17, 15) is 24.9 Å². The zero-order valence-corrected chi connectivity index (χ0v) is 35.9. The Labute approximate surface area is 362 Å². The molecule has 1 saturated heterocycles. The van der Waals surface area contributed by atoms with Crippen LogP contribution in [0.15, 0.2) is 66.9 Å². The number of nitrogen functional groups attached to an aromatic ring is 1. The van der Waals surface area contributed by atoms with Gasteiger partial charge in [0, 0.05) is 43.3 Å². The number of nitrogens with zero attached hydrogens (tertiary/aromatic N) is 1. The van der Waals surface area contributed by atoms with Crippen LogP contribution in [0, 0.1) is 40.4 Å². The van der Waals surface area contributed by atoms with Gasteiger partial charge in [-0.3, -0.25) is 9.59 Å². The fourth-order valence-corrected chi connectivity index (χ4v) is 12.1. The minimum absolute atomic E-state index is 0.0114. The van der Waals surface area contributed by atoms with Gasteiger partial charge in [0.15, 0.2) is 17.3 Å². The van der Waals surface area contributed by atoms with E-state index in [0.29, 0.717) is 92.5 Å². The first-order valence-electron chi connectivity index (χ1n) is 23.1. The van der Waals surface area contributed by atoms with Crippen molar-refractivity contribution in [1.82, 2.24) is 10.3 Å². The molecule has 8 rings (SSSR count). The lowest BCUT2D eigenvalue weighted by Gasteiger charge is -2.49. The van der Waals surface area contributed by atoms with Gasteiger partial charge in [0.2, 0.25) is 0 Å². The number of anilines is 1. The molecule has 9 atom stereocenters. The highest BCUT2D eigenvalue weighted by atomic mass is 16.5. The van der Waals surface area contributed by atoms with Crippen molar-refractivity contribution in [3.05, 3.63) is 89.1 Å². The van der Waals surface area contributed by atoms with Crippen LogP contribution in [0.3, 0.4) is 0 Å². The Hall–Kier alpha value is -4.49. The summed E-state index contributed by atoms with van der Waals surface area (Å²) in [6.07, 6.45) is 17.9. The number of methoxy groups -OCH3 is 1. The highest BCUT2D eigenvalue weighted by Crippen LogP contribution is 2.55. The maximum atomic E-state index is 14.4. The number of hydrogen-bond acceptors (Lipinski definition) is 9. The number of ether oxygens (including phenoxy) is 1. The van der Waals surface area contributed by atoms with Crippen LogP contribution in [0.5, 0.6) is 11.5 Å². The molecule has 61 heavy (non-hydrogen) atoms. The number of phenolic OH excluding ortho intramolecular Hbond substituents is 1. The van der Waals surface area contributed by atoms with Gasteiger partial charge < -0.3 is 31.1 Å². The Kier molecular flexibility index (Phi) is 13.3. The molecule has 6 N–H and O–H groups in total. The van der Waals surface area contributed by atoms with Gasteiger partial charge in [0.1, 0.15) is 17.0 Å². The molecule has 9 nitrogen and oxygen atoms in total. The fourth-order valence-electron chi connectivity index (χ4n) is 12.1. The van der Waals surface area contributed by atoms with Crippen molar-refractivity contribution in [2.24, 2.45) is 28.6 Å². The minimum atomic E-state index is -1.16. The smallest absolute Gasteiger partial charge is 0.160 e. The van der Waals surface area contributed by atoms with Crippen LogP contribution in [0.2, 0.25) is 0 Å². The van der Waals surface area contributed by atoms with Gasteiger partial charge in [0.05, 0.1) is 19.3 Å². The van der Waals surface area contributed by atoms with Crippen molar-refractivity contribution in [1.29, 1.82) is 0 Å². The average Bonchev–Trinajstić information content (AvgIpc) is 3.75. The van der Waals surface area contributed by atoms with Gasteiger partial charge in [-0.05, 0) is 153 Å². The molecule has 9 heteroatoms. The summed E-state index contributed by atoms with van der Waals surface area (Å²) in [4.78, 5) is 30.8. The van der Waals surface area contributed by atoms with E-state index < -0.39 is 17.6 Å². The van der Waals surface area contributed by atoms with Crippen molar-refractivity contribution in [2.75, 3.05) is 19.4 Å². The SMILES string of the molecule is COc1cc2c(cc1O)[C@@H](CC[C@H](O)C[C@H](/C=C/c1ccccc1)c1ccnc(N)c1)C#C[C@@]1(CC[C@@H](CC3([C@@H]4CN[C@@H]5CC(=O)CC[C@@H]5C4)CCCC3)C[C@H]1O)C(=O)CC2. The number of fused-ring (bicyclic) bond motifs is 2. The predicted molar refractivity (Wildman–Crippen MR) is 239 cm³/mol. The number of nitrogens with one attached hydrogen (secondary N) is 1. The largest absolute Gasteiger partial charge is 0.504 e. The van der Waals surface area contributed by atoms with Gasteiger partial charge >= 0.3 is 0 Å². The molecule has 0 bridgehead atoms. The Bertz CT molecular complexity index is 2120. The number of aromatic hydroxyl groups is 1. The van der Waals surface area contributed by atoms with Gasteiger partial charge in [0.25, 0.3) is 0 Å². The number of phenols is 1. The van der Waals surface area contributed by atoms with Crippen LogP contribution >= 0.6 is 0 Å². The molecule has 2 aromatic carbocycles. The maximum absolute atomic E-state index is 14.4. The minimum Gasteiger partial charge on any atom is -0.504 e. The standard InChI is InChI=1S/C52H65N3O6/c1-61-47-28-39-13-16-48(59)52(22-17-35(25-49(52)60)32-51(20-5-6-21-51)41-26-40-12-15-43(57)30-45(40)55-33-41)23-18-36(44(39)31-46(47)58)11-14-42(56)27-37(38-19-24-54-50(53)29-38)10-9-34-7-3-2-4-8-34/h2-4,7-10,19,24,28-29,31,35-37,40-42,45,49,55-56,58,60H,5-6,11-17,20-22,25-27,30,32-33H2,1H3,(H2,53,54)/b10-9+/t35-,36+,37+,40-,41+,42+,45-,49-,52+/m1/s1. The molecule has 3 saturated carbocycles. The number of rotatable bonds is 12. The van der Waals surface area contributed by atoms with E-state index in [1.165, 1.54) is 39.2 Å². The van der Waals surface area contributed by atoms with E-state index in [-0.39, 0.29) is 35.2 Å². The number of aromatic nitrogens is 1. The molecule has 1 aliphatic heterocycles. The second-order valence-electron chi connectivity index (χ2n) is 19.2. The predicted octanol–water partition coefficient (Wildman–Crippen LogP) is 8.45. The number of carbonyl (C=O) groups is 2. The lowest BCUT2D eigenvalue weighted by atomic mass is 9.58. The molecule has 4 aliphatic carbocycles. The quantitative estimate of drug-likeness (QED) is 0.113. The Morgan fingerprint density at radius 2 is 1.85 bits per heavy atom. The third kappa shape index (κ3) is 9.62. The number of aliphatic hydroxyl groups excluding tert-OH is 2. The van der Waals surface area contributed by atoms with Crippen molar-refractivity contribution >= 4 is 23.5 Å². The topological polar surface area (TPSA) is 155 Å². The first-order chi connectivity index (χ1) is 29.5. The molecule has 2 heterocycles. The average molecular weight is 828 g/mol. The molecule has 324 valence electrons. The molecule has 4 fully saturated rings. The van der Waals surface area contributed by atoms with E-state index in [2.05, 4.69) is 34.3 Å². The van der Waals surface area contributed by atoms with E-state index in [1.54, 1.807) is 12.3 Å². The lowest BCUT2D eigenvalue weighted by molar-refractivity contribution is -0.135. The first-order valence-corrected chi connectivity index (χ1v) is 23.1. The summed E-state index contributed by atoms with van der Waals surface area (Å²) < 4.78 is 5.51. The highest BCUT2D eigenvalue weighted by molar-refractivity contribution is 5.89. The highest BCUT2D eigenvalue weighted by Gasteiger charge is 2.51. The van der Waals surface area contributed by atoms with Gasteiger partial charge in [-0.25, -0.2) is 4.98 Å². The van der Waals surface area contributed by atoms with Crippen LogP contribution < -0.4 is 15.8 Å². The second kappa shape index (κ2) is 18.9. The third-order valence-corrected chi connectivity index (χ3v) is 15.5. The number of piperidine rings is 1. The Morgan fingerprint density at radius 1 is 1.03 bits per heavy atom. The molecular weight excluding hydrogens is 763 g/mol. The Morgan fingerprint density at radius 3 is 2.62 bits per heavy atom. The fraction of sp³-hybridized carbons (Fsp3) is 0.558. The molecule has 1 aromatic heterocycles. The van der Waals surface area contributed by atoms with Crippen molar-refractivity contribution in [3.8, 4) is 23.3 Å². The number of aryl methyl sites for hydroxylation is 1. The Balaban J connectivity index is 1.01. The molecular formula is C52H65N3O6. The summed E-state index contributed by atoms with van der Waals surface area (Å²) in [5.41, 5.74) is 8.93. The zero-order chi connectivity index (χ0) is 42.6. The van der Waals surface area contributed by atoms with Crippen molar-refractivity contribution < 1.29 is 29.6 Å². The van der Waals surface area contributed by atoms with E-state index in [0.717, 1.165) is 48.1 Å². The zero-order valence-electron chi connectivity index (χ0n) is 35.9. The molecule has 5 aliphatic rings. The summed E-state index contributed by atoms with van der Waals surface area (Å²) in [5.74, 6) is 9.08. The van der Waals surface area contributed by atoms with Crippen LogP contribution in [-0.2, 0) is 16.0 Å². The van der Waals surface area contributed by atoms with Crippen LogP contribution in [0.4, 0.5) is 5.82 Å². The molecule has 0 radical (unpaired) electrons. The molecule has 0 amide bonds. The normalized spacial score (nSPS) is 29.7. The number of ketones is 2. The van der Waals surface area contributed by atoms with Gasteiger partial charge in [-0.15, -0.1) is 0 Å². The number of allylic oxidation sites excluding steroid dienone is 1. The number of carbonyl (C=O) groups excluding carboxylic acids is 2. The molecule has 3 aromatic rings. The summed E-state index contributed by atoms with van der Waals surface area (Å²) in [6.45, 7) is 0.970. The van der Waals surface area contributed by atoms with Crippen LogP contribution in [-0.4, -0.2) is 63.8 Å². The van der Waals surface area contributed by atoms with Gasteiger partial charge in [-0.1, -0.05) is 67.2 Å². The number of Topliss-reactive ketones (excluding diaryl/α,β-unsaturated/α-hetero) is 2. The summed E-state index contributed by atoms with van der Waals surface area (Å²) in [7, 11) is 1.52. The monoisotopic (exact) mass is 827 g/mol. The van der Waals surface area contributed by atoms with Crippen molar-refractivity contribution in [2.45, 2.75) is 139 Å². The number of hydrogen-bond donors (Lipinski definition) is 5. The lowest BCUT2D eigenvalue weighted by Crippen LogP contribution is -2.53. The number of aliphatic hydroxyl groups is 2. The third-order valence-electron chi connectivity index (χ3n) is 15.5. The van der Waals surface area contributed by atoms with Gasteiger partial charge in [-0.2, -0.15) is 0 Å². The number of nitrogens with two attached hydrogens (primary N) is 1. The van der Waals surface area contributed by atoms with E-state index in [4.69, 9.17) is 10.5 Å². The second-order valence-corrected chi connectivity index (χ2v) is 19.2. The summed E-state index contributed by atoms with van der Waals surface area (Å²) >= 11 is 0. The van der Waals surface area contributed by atoms with E-state index >= 15 is 0 Å². The van der Waals surface area contributed by atoms with Crippen LogP contribution in [0.25, 0.3) is 6.08 Å². The maximum Gasteiger partial charge on any atom is 0.160 e. The van der Waals surface area contributed by atoms with Crippen LogP contribution in [0.1, 0.15) is 137 Å². The first kappa shape index (κ1) is 43.2. The summed E-state index contributed by atoms with van der Waals surface area (Å²) in [5, 5.41) is 38.7. The summed E-state index contributed by atoms with van der Waals surface area (Å²) in [6, 6.07) is 17.7. The van der Waals surface area contributed by atoms with Crippen molar-refractivity contribution in [3.63, 3.8) is 0 Å². The molecule has 0 unspecified atom stereocenters. The molecule has 1 spiro atoms. The van der Waals surface area contributed by atoms with E-state index in [1.807, 2.05) is 48.5 Å². The number of benzene rings is 2.